The topological polar surface area (TPSA) is 40.5 Å². The molecule has 0 aromatic carbocycles. The van der Waals surface area contributed by atoms with Crippen LogP contribution in [0.1, 0.15) is 27.2 Å². The molecule has 1 N–H and O–H groups in total. The molecule has 0 heterocycles. The minimum atomic E-state index is -1.82. The predicted molar refractivity (Wildman–Crippen MR) is 47.5 cm³/mol. The smallest absolute Gasteiger partial charge is 0.234 e. The molecule has 11 heavy (non-hydrogen) atoms. The Bertz CT molecular complexity index is 138. The lowest BCUT2D eigenvalue weighted by molar-refractivity contribution is 0.331. The second-order valence-electron chi connectivity index (χ2n) is 3.26. The molecular formula is C7H17NO2S. The van der Waals surface area contributed by atoms with Gasteiger partial charge in [0.1, 0.15) is 0 Å². The van der Waals surface area contributed by atoms with E-state index >= 15 is 0 Å². The van der Waals surface area contributed by atoms with Gasteiger partial charge in [-0.2, -0.15) is 0 Å². The molecule has 0 aromatic heterocycles. The first kappa shape index (κ1) is 11.1. The maximum atomic E-state index is 10.6. The summed E-state index contributed by atoms with van der Waals surface area (Å²) in [5.74, 6) is 0.566. The van der Waals surface area contributed by atoms with E-state index in [1.807, 2.05) is 6.92 Å². The molecule has 2 unspecified atom stereocenters. The van der Waals surface area contributed by atoms with Crippen LogP contribution < -0.4 is 0 Å². The van der Waals surface area contributed by atoms with Gasteiger partial charge in [0, 0.05) is 13.1 Å². The van der Waals surface area contributed by atoms with Crippen LogP contribution in [0.4, 0.5) is 0 Å². The largest absolute Gasteiger partial charge is 0.294 e. The van der Waals surface area contributed by atoms with Crippen molar-refractivity contribution in [3.63, 3.8) is 0 Å². The van der Waals surface area contributed by atoms with Crippen LogP contribution in [0.15, 0.2) is 0 Å². The van der Waals surface area contributed by atoms with Crippen molar-refractivity contribution in [2.24, 2.45) is 5.92 Å². The van der Waals surface area contributed by atoms with Gasteiger partial charge in [-0.15, -0.1) is 0 Å². The van der Waals surface area contributed by atoms with E-state index in [1.165, 1.54) is 4.31 Å². The van der Waals surface area contributed by atoms with E-state index in [-0.39, 0.29) is 6.04 Å². The average molecular weight is 179 g/mol. The highest BCUT2D eigenvalue weighted by molar-refractivity contribution is 7.76. The van der Waals surface area contributed by atoms with E-state index in [2.05, 4.69) is 13.8 Å². The predicted octanol–water partition coefficient (Wildman–Crippen LogP) is 1.49. The third kappa shape index (κ3) is 4.50. The van der Waals surface area contributed by atoms with Crippen molar-refractivity contribution in [1.29, 1.82) is 0 Å². The number of nitrogens with zero attached hydrogens (tertiary/aromatic N) is 1. The summed E-state index contributed by atoms with van der Waals surface area (Å²) < 4.78 is 20.7. The molecule has 0 saturated heterocycles. The molecule has 2 atom stereocenters. The second-order valence-corrected chi connectivity index (χ2v) is 4.29. The van der Waals surface area contributed by atoms with Crippen molar-refractivity contribution < 1.29 is 8.76 Å². The van der Waals surface area contributed by atoms with Crippen molar-refractivity contribution in [2.75, 3.05) is 7.05 Å². The van der Waals surface area contributed by atoms with Crippen LogP contribution in [-0.2, 0) is 11.3 Å². The fourth-order valence-electron chi connectivity index (χ4n) is 0.985. The summed E-state index contributed by atoms with van der Waals surface area (Å²) in [6.07, 6.45) is 0.947. The minimum Gasteiger partial charge on any atom is -0.294 e. The molecule has 0 aliphatic heterocycles. The van der Waals surface area contributed by atoms with Gasteiger partial charge in [0.15, 0.2) is 0 Å². The molecule has 4 heteroatoms. The van der Waals surface area contributed by atoms with Gasteiger partial charge in [0.2, 0.25) is 11.3 Å². The highest BCUT2D eigenvalue weighted by atomic mass is 32.2. The lowest BCUT2D eigenvalue weighted by Gasteiger charge is -2.21. The summed E-state index contributed by atoms with van der Waals surface area (Å²) >= 11 is -1.82. The summed E-state index contributed by atoms with van der Waals surface area (Å²) in [5, 5.41) is 0. The monoisotopic (exact) mass is 179 g/mol. The molecule has 0 fully saturated rings. The fraction of sp³-hybridized carbons (Fsp3) is 1.00. The zero-order valence-electron chi connectivity index (χ0n) is 7.57. The van der Waals surface area contributed by atoms with E-state index in [0.717, 1.165) is 6.42 Å². The molecule has 0 rings (SSSR count). The summed E-state index contributed by atoms with van der Waals surface area (Å²) in [6.45, 7) is 6.16. The van der Waals surface area contributed by atoms with Crippen LogP contribution in [0.25, 0.3) is 0 Å². The molecule has 0 radical (unpaired) electrons. The highest BCUT2D eigenvalue weighted by Crippen LogP contribution is 2.09. The first-order valence-electron chi connectivity index (χ1n) is 3.79. The van der Waals surface area contributed by atoms with Crippen LogP contribution in [0, 0.1) is 5.92 Å². The highest BCUT2D eigenvalue weighted by Gasteiger charge is 2.14. The molecule has 0 bridgehead atoms. The van der Waals surface area contributed by atoms with Crippen LogP contribution >= 0.6 is 0 Å². The van der Waals surface area contributed by atoms with E-state index in [9.17, 15) is 4.21 Å². The number of hydrogen-bond acceptors (Lipinski definition) is 1. The fourth-order valence-corrected chi connectivity index (χ4v) is 1.38. The molecular weight excluding hydrogens is 162 g/mol. The molecule has 3 nitrogen and oxygen atoms in total. The summed E-state index contributed by atoms with van der Waals surface area (Å²) in [4.78, 5) is 0. The first-order chi connectivity index (χ1) is 4.95. The lowest BCUT2D eigenvalue weighted by Crippen LogP contribution is -2.31. The second kappa shape index (κ2) is 4.85. The van der Waals surface area contributed by atoms with Crippen molar-refractivity contribution in [2.45, 2.75) is 33.2 Å². The SMILES string of the molecule is CC(C)CC(C)N(C)S(=O)O. The van der Waals surface area contributed by atoms with Crippen molar-refractivity contribution in [3.8, 4) is 0 Å². The van der Waals surface area contributed by atoms with Crippen molar-refractivity contribution in [3.05, 3.63) is 0 Å². The molecule has 0 spiro atoms. The standard InChI is InChI=1S/C7H17NO2S/c1-6(2)5-7(3)8(4)11(9)10/h6-7H,5H2,1-4H3,(H,9,10). The van der Waals surface area contributed by atoms with Crippen molar-refractivity contribution >= 4 is 11.3 Å². The average Bonchev–Trinajstić information content (AvgIpc) is 1.84. The van der Waals surface area contributed by atoms with Crippen LogP contribution in [0.5, 0.6) is 0 Å². The zero-order chi connectivity index (χ0) is 9.02. The minimum absolute atomic E-state index is 0.167. The van der Waals surface area contributed by atoms with Gasteiger partial charge < -0.3 is 0 Å². The third-order valence-corrected chi connectivity index (χ3v) is 2.53. The Morgan fingerprint density at radius 3 is 2.18 bits per heavy atom. The molecule has 68 valence electrons. The zero-order valence-corrected chi connectivity index (χ0v) is 8.39. The van der Waals surface area contributed by atoms with E-state index in [0.29, 0.717) is 5.92 Å². The molecule has 0 amide bonds. The Hall–Kier alpha value is 0.0700. The molecule has 0 aliphatic rings. The third-order valence-electron chi connectivity index (χ3n) is 1.68. The van der Waals surface area contributed by atoms with Crippen LogP contribution in [-0.4, -0.2) is 26.2 Å². The first-order valence-corrected chi connectivity index (χ1v) is 4.85. The van der Waals surface area contributed by atoms with Gasteiger partial charge >= 0.3 is 0 Å². The Morgan fingerprint density at radius 2 is 1.91 bits per heavy atom. The van der Waals surface area contributed by atoms with Gasteiger partial charge in [-0.1, -0.05) is 13.8 Å². The van der Waals surface area contributed by atoms with E-state index < -0.39 is 11.3 Å². The van der Waals surface area contributed by atoms with E-state index in [1.54, 1.807) is 7.05 Å². The number of rotatable bonds is 4. The molecule has 0 aromatic rings. The Labute approximate surface area is 71.2 Å². The summed E-state index contributed by atoms with van der Waals surface area (Å²) in [6, 6.07) is 0.167. The maximum Gasteiger partial charge on any atom is 0.234 e. The van der Waals surface area contributed by atoms with Crippen molar-refractivity contribution in [1.82, 2.24) is 4.31 Å². The lowest BCUT2D eigenvalue weighted by atomic mass is 10.1. The van der Waals surface area contributed by atoms with Gasteiger partial charge in [-0.25, -0.2) is 8.51 Å². The van der Waals surface area contributed by atoms with Gasteiger partial charge in [-0.3, -0.25) is 4.55 Å². The van der Waals surface area contributed by atoms with Gasteiger partial charge in [-0.05, 0) is 19.3 Å². The van der Waals surface area contributed by atoms with E-state index in [4.69, 9.17) is 4.55 Å². The Morgan fingerprint density at radius 1 is 1.45 bits per heavy atom. The molecule has 0 aliphatic carbocycles. The van der Waals surface area contributed by atoms with Gasteiger partial charge in [0.05, 0.1) is 0 Å². The van der Waals surface area contributed by atoms with Gasteiger partial charge in [0.25, 0.3) is 0 Å². The van der Waals surface area contributed by atoms with Crippen LogP contribution in [0.3, 0.4) is 0 Å². The Balaban J connectivity index is 3.82. The summed E-state index contributed by atoms with van der Waals surface area (Å²) in [7, 11) is 1.66. The Kier molecular flexibility index (Phi) is 4.88. The number of hydrogen-bond donors (Lipinski definition) is 1. The quantitative estimate of drug-likeness (QED) is 0.664. The summed E-state index contributed by atoms with van der Waals surface area (Å²) in [5.41, 5.74) is 0. The normalized spacial score (nSPS) is 17.4. The van der Waals surface area contributed by atoms with Crippen LogP contribution in [0.2, 0.25) is 0 Å². The molecule has 0 saturated carbocycles. The maximum absolute atomic E-state index is 10.6.